The third-order valence-corrected chi connectivity index (χ3v) is 6.14. The molecule has 1 atom stereocenters. The van der Waals surface area contributed by atoms with Crippen LogP contribution in [0.4, 0.5) is 10.1 Å². The normalized spacial score (nSPS) is 12.4. The van der Waals surface area contributed by atoms with Crippen molar-refractivity contribution in [1.29, 1.82) is 0 Å². The van der Waals surface area contributed by atoms with Gasteiger partial charge in [0, 0.05) is 11.6 Å². The van der Waals surface area contributed by atoms with Gasteiger partial charge in [-0.2, -0.15) is 0 Å². The lowest BCUT2D eigenvalue weighted by atomic mass is 9.97. The quantitative estimate of drug-likeness (QED) is 0.437. The molecule has 0 saturated heterocycles. The number of anilines is 1. The van der Waals surface area contributed by atoms with Crippen LogP contribution in [-0.2, 0) is 10.0 Å². The molecule has 7 nitrogen and oxygen atoms in total. The molecule has 0 bridgehead atoms. The van der Waals surface area contributed by atoms with Gasteiger partial charge in [0.25, 0.3) is 0 Å². The molecule has 0 aliphatic carbocycles. The Bertz CT molecular complexity index is 1190. The van der Waals surface area contributed by atoms with Gasteiger partial charge in [-0.1, -0.05) is 25.1 Å². The summed E-state index contributed by atoms with van der Waals surface area (Å²) in [5.74, 6) is -1.27. The Labute approximate surface area is 179 Å². The summed E-state index contributed by atoms with van der Waals surface area (Å²) in [6, 6.07) is 14.3. The molecule has 0 spiro atoms. The number of aromatic amines is 1. The second-order valence-electron chi connectivity index (χ2n) is 6.96. The molecule has 164 valence electrons. The van der Waals surface area contributed by atoms with Crippen molar-refractivity contribution >= 4 is 21.5 Å². The van der Waals surface area contributed by atoms with Crippen LogP contribution in [0.2, 0.25) is 0 Å². The van der Waals surface area contributed by atoms with Crippen LogP contribution in [0.1, 0.15) is 40.2 Å². The summed E-state index contributed by atoms with van der Waals surface area (Å²) in [4.78, 5) is 15.9. The molecule has 1 unspecified atom stereocenters. The monoisotopic (exact) mass is 446 g/mol. The molecule has 9 heteroatoms. The topological polar surface area (TPSA) is 108 Å². The minimum Gasteiger partial charge on any atom is -0.496 e. The van der Waals surface area contributed by atoms with Crippen LogP contribution in [0.5, 0.6) is 5.75 Å². The predicted molar refractivity (Wildman–Crippen MR) is 116 cm³/mol. The SMILES string of the molecule is COc1ccccc1C(=O)c1ccc(C(C)c2ccc(NS(=O)(=O)CCO)cc2F)[nH]1. The van der Waals surface area contributed by atoms with Gasteiger partial charge < -0.3 is 14.8 Å². The van der Waals surface area contributed by atoms with Crippen LogP contribution < -0.4 is 9.46 Å². The zero-order chi connectivity index (χ0) is 22.6. The molecule has 3 N–H and O–H groups in total. The fourth-order valence-electron chi connectivity index (χ4n) is 3.23. The molecule has 0 saturated carbocycles. The summed E-state index contributed by atoms with van der Waals surface area (Å²) < 4.78 is 45.6. The first-order valence-corrected chi connectivity index (χ1v) is 11.2. The standard InChI is InChI=1S/C22H23FN2O5S/c1-14(16-8-7-15(13-18(16)23)25-31(28,29)12-11-26)19-9-10-20(24-19)22(27)17-5-3-4-6-21(17)30-2/h3-10,13-14,24-26H,11-12H2,1-2H3. The number of ether oxygens (including phenoxy) is 1. The number of para-hydroxylation sites is 1. The first-order chi connectivity index (χ1) is 14.8. The Kier molecular flexibility index (Phi) is 6.77. The highest BCUT2D eigenvalue weighted by molar-refractivity contribution is 7.92. The number of nitrogens with one attached hydrogen (secondary N) is 2. The molecule has 0 aliphatic rings. The number of aliphatic hydroxyl groups excluding tert-OH is 1. The second kappa shape index (κ2) is 9.32. The molecular weight excluding hydrogens is 423 g/mol. The summed E-state index contributed by atoms with van der Waals surface area (Å²) in [5.41, 5.74) is 1.80. The van der Waals surface area contributed by atoms with Crippen LogP contribution in [0, 0.1) is 5.82 Å². The van der Waals surface area contributed by atoms with Gasteiger partial charge >= 0.3 is 0 Å². The summed E-state index contributed by atoms with van der Waals surface area (Å²) in [7, 11) is -2.25. The molecule has 0 fully saturated rings. The van der Waals surface area contributed by atoms with Gasteiger partial charge in [0.05, 0.1) is 36.4 Å². The molecular formula is C22H23FN2O5S. The zero-order valence-corrected chi connectivity index (χ0v) is 17.9. The number of hydrogen-bond donors (Lipinski definition) is 3. The number of benzene rings is 2. The lowest BCUT2D eigenvalue weighted by Gasteiger charge is -2.14. The van der Waals surface area contributed by atoms with Gasteiger partial charge in [-0.3, -0.25) is 9.52 Å². The number of aliphatic hydroxyl groups is 1. The van der Waals surface area contributed by atoms with Gasteiger partial charge in [-0.15, -0.1) is 0 Å². The Morgan fingerprint density at radius 1 is 1.19 bits per heavy atom. The lowest BCUT2D eigenvalue weighted by Crippen LogP contribution is -2.19. The molecule has 1 aromatic heterocycles. The second-order valence-corrected chi connectivity index (χ2v) is 8.80. The molecule has 2 aromatic carbocycles. The summed E-state index contributed by atoms with van der Waals surface area (Å²) in [6.07, 6.45) is 0. The third kappa shape index (κ3) is 5.12. The fourth-order valence-corrected chi connectivity index (χ4v) is 4.06. The van der Waals surface area contributed by atoms with E-state index in [9.17, 15) is 17.6 Å². The van der Waals surface area contributed by atoms with Gasteiger partial charge in [-0.05, 0) is 42.0 Å². The van der Waals surface area contributed by atoms with Crippen LogP contribution in [-0.4, -0.2) is 43.8 Å². The highest BCUT2D eigenvalue weighted by atomic mass is 32.2. The van der Waals surface area contributed by atoms with Crippen LogP contribution in [0.3, 0.4) is 0 Å². The van der Waals surface area contributed by atoms with Crippen molar-refractivity contribution < 1.29 is 27.4 Å². The number of carbonyl (C=O) groups excluding carboxylic acids is 1. The van der Waals surface area contributed by atoms with Gasteiger partial charge in [-0.25, -0.2) is 12.8 Å². The van der Waals surface area contributed by atoms with Crippen molar-refractivity contribution in [3.05, 3.63) is 82.9 Å². The van der Waals surface area contributed by atoms with E-state index in [2.05, 4.69) is 9.71 Å². The van der Waals surface area contributed by atoms with Gasteiger partial charge in [0.1, 0.15) is 11.6 Å². The molecule has 31 heavy (non-hydrogen) atoms. The molecule has 3 rings (SSSR count). The average molecular weight is 447 g/mol. The zero-order valence-electron chi connectivity index (χ0n) is 17.1. The number of methoxy groups -OCH3 is 1. The first-order valence-electron chi connectivity index (χ1n) is 9.53. The van der Waals surface area contributed by atoms with E-state index in [-0.39, 0.29) is 11.5 Å². The van der Waals surface area contributed by atoms with Crippen LogP contribution >= 0.6 is 0 Å². The predicted octanol–water partition coefficient (Wildman–Crippen LogP) is 3.28. The summed E-state index contributed by atoms with van der Waals surface area (Å²) in [6.45, 7) is 1.24. The molecule has 1 heterocycles. The Hall–Kier alpha value is -3.17. The van der Waals surface area contributed by atoms with E-state index < -0.39 is 34.1 Å². The van der Waals surface area contributed by atoms with Crippen molar-refractivity contribution in [3.63, 3.8) is 0 Å². The lowest BCUT2D eigenvalue weighted by molar-refractivity contribution is 0.103. The van der Waals surface area contributed by atoms with Crippen molar-refractivity contribution in [2.75, 3.05) is 24.2 Å². The molecule has 0 aliphatic heterocycles. The first kappa shape index (κ1) is 22.5. The smallest absolute Gasteiger partial charge is 0.234 e. The number of carbonyl (C=O) groups is 1. The largest absolute Gasteiger partial charge is 0.496 e. The number of halogens is 1. The minimum absolute atomic E-state index is 0.0698. The van der Waals surface area contributed by atoms with Crippen molar-refractivity contribution in [1.82, 2.24) is 4.98 Å². The Morgan fingerprint density at radius 2 is 1.94 bits per heavy atom. The van der Waals surface area contributed by atoms with E-state index in [1.807, 2.05) is 0 Å². The average Bonchev–Trinajstić information content (AvgIpc) is 3.22. The highest BCUT2D eigenvalue weighted by Crippen LogP contribution is 2.29. The molecule has 0 radical (unpaired) electrons. The van der Waals surface area contributed by atoms with Crippen LogP contribution in [0.15, 0.2) is 54.6 Å². The molecule has 0 amide bonds. The highest BCUT2D eigenvalue weighted by Gasteiger charge is 2.20. The van der Waals surface area contributed by atoms with Gasteiger partial charge in [0.15, 0.2) is 0 Å². The number of aromatic nitrogens is 1. The third-order valence-electron chi connectivity index (χ3n) is 4.87. The summed E-state index contributed by atoms with van der Waals surface area (Å²) >= 11 is 0. The summed E-state index contributed by atoms with van der Waals surface area (Å²) in [5, 5.41) is 8.79. The number of rotatable bonds is 9. The number of sulfonamides is 1. The van der Waals surface area contributed by atoms with E-state index in [1.54, 1.807) is 43.3 Å². The number of H-pyrrole nitrogens is 1. The maximum Gasteiger partial charge on any atom is 0.234 e. The van der Waals surface area contributed by atoms with Crippen molar-refractivity contribution in [2.24, 2.45) is 0 Å². The van der Waals surface area contributed by atoms with E-state index >= 15 is 0 Å². The Morgan fingerprint density at radius 3 is 2.61 bits per heavy atom. The number of ketones is 1. The molecule has 3 aromatic rings. The van der Waals surface area contributed by atoms with E-state index in [1.165, 1.54) is 19.2 Å². The van der Waals surface area contributed by atoms with Crippen molar-refractivity contribution in [3.8, 4) is 5.75 Å². The fraction of sp³-hybridized carbons (Fsp3) is 0.227. The van der Waals surface area contributed by atoms with Crippen LogP contribution in [0.25, 0.3) is 0 Å². The Balaban J connectivity index is 1.82. The van der Waals surface area contributed by atoms with E-state index in [0.717, 1.165) is 6.07 Å². The maximum atomic E-state index is 14.7. The van der Waals surface area contributed by atoms with E-state index in [0.29, 0.717) is 28.3 Å². The van der Waals surface area contributed by atoms with Gasteiger partial charge in [0.2, 0.25) is 15.8 Å². The minimum atomic E-state index is -3.75. The number of hydrogen-bond acceptors (Lipinski definition) is 5. The van der Waals surface area contributed by atoms with E-state index in [4.69, 9.17) is 9.84 Å². The maximum absolute atomic E-state index is 14.7. The van der Waals surface area contributed by atoms with Crippen molar-refractivity contribution in [2.45, 2.75) is 12.8 Å².